The molecule has 0 saturated heterocycles. The first-order chi connectivity index (χ1) is 9.44. The third-order valence-electron chi connectivity index (χ3n) is 4.67. The van der Waals surface area contributed by atoms with E-state index in [9.17, 15) is 9.50 Å². The lowest BCUT2D eigenvalue weighted by molar-refractivity contribution is 0.150. The molecule has 0 heterocycles. The molecule has 1 aromatic rings. The highest BCUT2D eigenvalue weighted by Gasteiger charge is 2.35. The summed E-state index contributed by atoms with van der Waals surface area (Å²) >= 11 is 0. The van der Waals surface area contributed by atoms with Gasteiger partial charge in [0.05, 0.1) is 0 Å². The summed E-state index contributed by atoms with van der Waals surface area (Å²) < 4.78 is 13.8. The minimum atomic E-state index is -0.352. The Labute approximate surface area is 120 Å². The van der Waals surface area contributed by atoms with Crippen molar-refractivity contribution in [3.05, 3.63) is 29.6 Å². The average molecular weight is 280 g/mol. The third kappa shape index (κ3) is 3.13. The van der Waals surface area contributed by atoms with Gasteiger partial charge in [0.2, 0.25) is 0 Å². The number of phenols is 1. The van der Waals surface area contributed by atoms with E-state index in [1.54, 1.807) is 6.07 Å². The smallest absolute Gasteiger partial charge is 0.131 e. The lowest BCUT2D eigenvalue weighted by Gasteiger charge is -2.37. The molecule has 2 rings (SSSR count). The van der Waals surface area contributed by atoms with Gasteiger partial charge in [-0.25, -0.2) is 4.39 Å². The maximum atomic E-state index is 13.8. The summed E-state index contributed by atoms with van der Waals surface area (Å²) in [6.07, 6.45) is 4.92. The van der Waals surface area contributed by atoms with E-state index in [0.29, 0.717) is 5.56 Å². The molecule has 2 N–H and O–H groups in total. The van der Waals surface area contributed by atoms with Crippen LogP contribution in [0.25, 0.3) is 0 Å². The van der Waals surface area contributed by atoms with Gasteiger partial charge in [0, 0.05) is 29.8 Å². The van der Waals surface area contributed by atoms with E-state index in [4.69, 9.17) is 0 Å². The van der Waals surface area contributed by atoms with Crippen LogP contribution >= 0.6 is 0 Å². The number of nitrogens with zero attached hydrogens (tertiary/aromatic N) is 1. The van der Waals surface area contributed by atoms with Crippen molar-refractivity contribution in [1.29, 1.82) is 0 Å². The second-order valence-electron chi connectivity index (χ2n) is 6.13. The van der Waals surface area contributed by atoms with Gasteiger partial charge in [-0.3, -0.25) is 0 Å². The van der Waals surface area contributed by atoms with Crippen LogP contribution in [0.5, 0.6) is 5.75 Å². The van der Waals surface area contributed by atoms with Crippen molar-refractivity contribution in [1.82, 2.24) is 10.2 Å². The lowest BCUT2D eigenvalue weighted by atomic mass is 9.95. The second kappa shape index (κ2) is 6.10. The summed E-state index contributed by atoms with van der Waals surface area (Å²) in [7, 11) is 4.25. The van der Waals surface area contributed by atoms with Gasteiger partial charge in [-0.2, -0.15) is 0 Å². The molecule has 1 atom stereocenters. The molecule has 4 heteroatoms. The minimum Gasteiger partial charge on any atom is -0.508 e. The van der Waals surface area contributed by atoms with E-state index in [1.807, 2.05) is 6.92 Å². The Bertz CT molecular complexity index is 456. The average Bonchev–Trinajstić information content (AvgIpc) is 2.86. The second-order valence-corrected chi connectivity index (χ2v) is 6.13. The predicted molar refractivity (Wildman–Crippen MR) is 79.4 cm³/mol. The number of hydrogen-bond acceptors (Lipinski definition) is 3. The minimum absolute atomic E-state index is 0.0287. The van der Waals surface area contributed by atoms with Gasteiger partial charge in [0.1, 0.15) is 11.6 Å². The summed E-state index contributed by atoms with van der Waals surface area (Å²) in [5.74, 6) is -0.380. The molecule has 112 valence electrons. The summed E-state index contributed by atoms with van der Waals surface area (Å²) in [5, 5.41) is 12.7. The van der Waals surface area contributed by atoms with Crippen molar-refractivity contribution < 1.29 is 9.50 Å². The van der Waals surface area contributed by atoms with Crippen LogP contribution in [0.1, 0.15) is 44.2 Å². The maximum Gasteiger partial charge on any atom is 0.131 e. The number of nitrogens with one attached hydrogen (secondary N) is 1. The highest BCUT2D eigenvalue weighted by atomic mass is 19.1. The molecule has 0 radical (unpaired) electrons. The first-order valence-corrected chi connectivity index (χ1v) is 7.34. The van der Waals surface area contributed by atoms with Crippen LogP contribution in [0.2, 0.25) is 0 Å². The van der Waals surface area contributed by atoms with Gasteiger partial charge < -0.3 is 15.3 Å². The Morgan fingerprint density at radius 2 is 2.00 bits per heavy atom. The zero-order valence-corrected chi connectivity index (χ0v) is 12.6. The van der Waals surface area contributed by atoms with Crippen LogP contribution in [-0.2, 0) is 0 Å². The van der Waals surface area contributed by atoms with E-state index < -0.39 is 0 Å². The molecule has 1 aliphatic carbocycles. The SMILES string of the molecule is CC(NCC1(N(C)C)CCCC1)c1ccc(O)cc1F. The molecule has 1 unspecified atom stereocenters. The van der Waals surface area contributed by atoms with Gasteiger partial charge >= 0.3 is 0 Å². The monoisotopic (exact) mass is 280 g/mol. The van der Waals surface area contributed by atoms with E-state index >= 15 is 0 Å². The molecule has 0 aliphatic heterocycles. The highest BCUT2D eigenvalue weighted by molar-refractivity contribution is 5.29. The standard InChI is InChI=1S/C16H25FN2O/c1-12(14-7-6-13(20)10-15(14)17)18-11-16(19(2)3)8-4-5-9-16/h6-7,10,12,18,20H,4-5,8-9,11H2,1-3H3. The molecule has 0 bridgehead atoms. The van der Waals surface area contributed by atoms with Gasteiger partial charge in [0.25, 0.3) is 0 Å². The number of phenolic OH excluding ortho intramolecular Hbond substituents is 1. The Morgan fingerprint density at radius 1 is 1.35 bits per heavy atom. The predicted octanol–water partition coefficient (Wildman–Crippen LogP) is 3.06. The molecule has 1 aliphatic rings. The van der Waals surface area contributed by atoms with Crippen LogP contribution < -0.4 is 5.32 Å². The van der Waals surface area contributed by atoms with Crippen molar-refractivity contribution in [2.45, 2.75) is 44.2 Å². The van der Waals surface area contributed by atoms with Crippen molar-refractivity contribution >= 4 is 0 Å². The zero-order chi connectivity index (χ0) is 14.8. The molecule has 1 aromatic carbocycles. The Morgan fingerprint density at radius 3 is 2.55 bits per heavy atom. The molecule has 1 saturated carbocycles. The number of aromatic hydroxyl groups is 1. The van der Waals surface area contributed by atoms with E-state index in [1.165, 1.54) is 37.8 Å². The third-order valence-corrected chi connectivity index (χ3v) is 4.67. The maximum absolute atomic E-state index is 13.8. The largest absolute Gasteiger partial charge is 0.508 e. The van der Waals surface area contributed by atoms with Gasteiger partial charge in [-0.1, -0.05) is 18.9 Å². The highest BCUT2D eigenvalue weighted by Crippen LogP contribution is 2.33. The number of hydrogen-bond donors (Lipinski definition) is 2. The zero-order valence-electron chi connectivity index (χ0n) is 12.6. The van der Waals surface area contributed by atoms with Gasteiger partial charge in [0.15, 0.2) is 0 Å². The molecule has 1 fully saturated rings. The Kier molecular flexibility index (Phi) is 4.66. The summed E-state index contributed by atoms with van der Waals surface area (Å²) in [6.45, 7) is 2.83. The van der Waals surface area contributed by atoms with Crippen molar-refractivity contribution in [2.75, 3.05) is 20.6 Å². The van der Waals surface area contributed by atoms with Crippen molar-refractivity contribution in [3.8, 4) is 5.75 Å². The summed E-state index contributed by atoms with van der Waals surface area (Å²) in [4.78, 5) is 2.30. The molecule has 3 nitrogen and oxygen atoms in total. The number of rotatable bonds is 5. The van der Waals surface area contributed by atoms with Crippen LogP contribution in [0.4, 0.5) is 4.39 Å². The van der Waals surface area contributed by atoms with Crippen molar-refractivity contribution in [2.24, 2.45) is 0 Å². The van der Waals surface area contributed by atoms with Gasteiger partial charge in [-0.05, 0) is 39.9 Å². The fraction of sp³-hybridized carbons (Fsp3) is 0.625. The van der Waals surface area contributed by atoms with Crippen LogP contribution in [0, 0.1) is 5.82 Å². The molecule has 0 spiro atoms. The molecule has 0 amide bonds. The molecule has 20 heavy (non-hydrogen) atoms. The fourth-order valence-corrected chi connectivity index (χ4v) is 3.14. The fourth-order valence-electron chi connectivity index (χ4n) is 3.14. The Hall–Kier alpha value is -1.13. The normalized spacial score (nSPS) is 19.4. The molecular formula is C16H25FN2O. The number of benzene rings is 1. The van der Waals surface area contributed by atoms with E-state index in [-0.39, 0.29) is 23.1 Å². The number of likely N-dealkylation sites (N-methyl/N-ethyl adjacent to an activating group) is 1. The van der Waals surface area contributed by atoms with Crippen molar-refractivity contribution in [3.63, 3.8) is 0 Å². The van der Waals surface area contributed by atoms with Gasteiger partial charge in [-0.15, -0.1) is 0 Å². The molecule has 0 aromatic heterocycles. The first-order valence-electron chi connectivity index (χ1n) is 7.34. The van der Waals surface area contributed by atoms with E-state index in [0.717, 1.165) is 6.54 Å². The van der Waals surface area contributed by atoms with Crippen LogP contribution in [0.3, 0.4) is 0 Å². The van der Waals surface area contributed by atoms with E-state index in [2.05, 4.69) is 24.3 Å². The van der Waals surface area contributed by atoms with Crippen LogP contribution in [-0.4, -0.2) is 36.2 Å². The first kappa shape index (κ1) is 15.3. The lowest BCUT2D eigenvalue weighted by Crippen LogP contribution is -2.50. The van der Waals surface area contributed by atoms with Crippen LogP contribution in [0.15, 0.2) is 18.2 Å². The topological polar surface area (TPSA) is 35.5 Å². The molecular weight excluding hydrogens is 255 g/mol. The quantitative estimate of drug-likeness (QED) is 0.870. The summed E-state index contributed by atoms with van der Waals surface area (Å²) in [5.41, 5.74) is 0.802. The summed E-state index contributed by atoms with van der Waals surface area (Å²) in [6, 6.07) is 4.30. The Balaban J connectivity index is 2.02. The number of halogens is 1.